The molecule has 0 aliphatic carbocycles. The molecule has 0 unspecified atom stereocenters. The molecule has 0 radical (unpaired) electrons. The Kier molecular flexibility index (Phi) is 4.71. The van der Waals surface area contributed by atoms with E-state index in [4.69, 9.17) is 0 Å². The molecular weight excluding hydrogens is 336 g/mol. The number of nitrogens with zero attached hydrogens (tertiary/aromatic N) is 2. The quantitative estimate of drug-likeness (QED) is 0.661. The van der Waals surface area contributed by atoms with Gasteiger partial charge in [-0.1, -0.05) is 20.8 Å². The van der Waals surface area contributed by atoms with Crippen LogP contribution in [0.3, 0.4) is 0 Å². The van der Waals surface area contributed by atoms with Gasteiger partial charge in [0.05, 0.1) is 0 Å². The summed E-state index contributed by atoms with van der Waals surface area (Å²) in [4.78, 5) is 52.2. The molecule has 8 heteroatoms. The molecule has 3 rings (SSSR count). The highest BCUT2D eigenvalue weighted by Crippen LogP contribution is 2.29. The molecular formula is C18H28N4O4. The predicted octanol–water partition coefficient (Wildman–Crippen LogP) is 0.472. The summed E-state index contributed by atoms with van der Waals surface area (Å²) in [6.07, 6.45) is 2.24. The minimum atomic E-state index is -0.851. The number of rotatable bonds is 1. The van der Waals surface area contributed by atoms with E-state index in [-0.39, 0.29) is 23.6 Å². The zero-order valence-electron chi connectivity index (χ0n) is 15.8. The number of likely N-dealkylation sites (tertiary alicyclic amines) is 2. The van der Waals surface area contributed by atoms with Crippen LogP contribution in [0.1, 0.15) is 46.5 Å². The van der Waals surface area contributed by atoms with Gasteiger partial charge in [-0.2, -0.15) is 0 Å². The molecule has 3 fully saturated rings. The van der Waals surface area contributed by atoms with Crippen molar-refractivity contribution in [1.29, 1.82) is 0 Å². The summed E-state index contributed by atoms with van der Waals surface area (Å²) < 4.78 is 0. The van der Waals surface area contributed by atoms with E-state index in [1.807, 2.05) is 25.7 Å². The van der Waals surface area contributed by atoms with E-state index in [0.29, 0.717) is 51.9 Å². The summed E-state index contributed by atoms with van der Waals surface area (Å²) in [5.41, 5.74) is -1.25. The number of carbonyl (C=O) groups excluding carboxylic acids is 4. The topological polar surface area (TPSA) is 98.8 Å². The van der Waals surface area contributed by atoms with Gasteiger partial charge in [0.2, 0.25) is 11.8 Å². The summed E-state index contributed by atoms with van der Waals surface area (Å²) in [5, 5.41) is 4.99. The number of amides is 5. The number of piperidine rings is 2. The molecule has 3 saturated heterocycles. The normalized spacial score (nSPS) is 23.8. The van der Waals surface area contributed by atoms with Crippen molar-refractivity contribution in [2.45, 2.75) is 52.0 Å². The molecule has 2 N–H and O–H groups in total. The van der Waals surface area contributed by atoms with Crippen molar-refractivity contribution in [3.8, 4) is 0 Å². The summed E-state index contributed by atoms with van der Waals surface area (Å²) in [7, 11) is 0. The Bertz CT molecular complexity index is 624. The van der Waals surface area contributed by atoms with Gasteiger partial charge in [0.25, 0.3) is 5.91 Å². The van der Waals surface area contributed by atoms with Crippen LogP contribution in [0.2, 0.25) is 0 Å². The molecule has 0 saturated carbocycles. The third-order valence-corrected chi connectivity index (χ3v) is 5.72. The molecule has 0 bridgehead atoms. The fraction of sp³-hybridized carbons (Fsp3) is 0.778. The van der Waals surface area contributed by atoms with E-state index >= 15 is 0 Å². The first-order valence-corrected chi connectivity index (χ1v) is 9.34. The highest BCUT2D eigenvalue weighted by Gasteiger charge is 2.48. The molecule has 144 valence electrons. The van der Waals surface area contributed by atoms with Crippen LogP contribution in [0, 0.1) is 11.3 Å². The zero-order valence-corrected chi connectivity index (χ0v) is 15.8. The van der Waals surface area contributed by atoms with Gasteiger partial charge in [-0.25, -0.2) is 4.79 Å². The lowest BCUT2D eigenvalue weighted by atomic mass is 9.86. The second-order valence-corrected chi connectivity index (χ2v) is 8.63. The second-order valence-electron chi connectivity index (χ2n) is 8.63. The van der Waals surface area contributed by atoms with Gasteiger partial charge in [0, 0.05) is 37.5 Å². The van der Waals surface area contributed by atoms with Gasteiger partial charge in [0.1, 0.15) is 5.54 Å². The van der Waals surface area contributed by atoms with Crippen molar-refractivity contribution in [2.24, 2.45) is 11.3 Å². The summed E-state index contributed by atoms with van der Waals surface area (Å²) >= 11 is 0. The van der Waals surface area contributed by atoms with Crippen LogP contribution in [0.15, 0.2) is 0 Å². The van der Waals surface area contributed by atoms with Crippen LogP contribution in [0.5, 0.6) is 0 Å². The maximum absolute atomic E-state index is 12.8. The number of imide groups is 1. The Labute approximate surface area is 153 Å². The molecule has 5 amide bonds. The van der Waals surface area contributed by atoms with Crippen LogP contribution in [0.25, 0.3) is 0 Å². The standard InChI is InChI=1S/C18H28N4O4/c1-17(2,3)15(25)22-8-4-12(5-9-22)13(23)21-10-6-18(7-11-21)14(24)19-16(26)20-18/h12H,4-11H2,1-3H3,(H2,19,20,24,26). The summed E-state index contributed by atoms with van der Waals surface area (Å²) in [6, 6.07) is -0.453. The van der Waals surface area contributed by atoms with Crippen molar-refractivity contribution >= 4 is 23.8 Å². The number of hydrogen-bond acceptors (Lipinski definition) is 4. The smallest absolute Gasteiger partial charge is 0.322 e. The lowest BCUT2D eigenvalue weighted by molar-refractivity contribution is -0.146. The van der Waals surface area contributed by atoms with E-state index in [9.17, 15) is 19.2 Å². The molecule has 0 aromatic carbocycles. The van der Waals surface area contributed by atoms with Crippen molar-refractivity contribution in [2.75, 3.05) is 26.2 Å². The molecule has 8 nitrogen and oxygen atoms in total. The first kappa shape index (κ1) is 18.7. The van der Waals surface area contributed by atoms with Crippen molar-refractivity contribution in [1.82, 2.24) is 20.4 Å². The molecule has 1 spiro atoms. The number of hydrogen-bond donors (Lipinski definition) is 2. The Morgan fingerprint density at radius 3 is 2.04 bits per heavy atom. The molecule has 0 aromatic heterocycles. The van der Waals surface area contributed by atoms with E-state index in [1.165, 1.54) is 0 Å². The van der Waals surface area contributed by atoms with Gasteiger partial charge >= 0.3 is 6.03 Å². The van der Waals surface area contributed by atoms with Crippen molar-refractivity contribution < 1.29 is 19.2 Å². The molecule has 3 aliphatic rings. The van der Waals surface area contributed by atoms with Gasteiger partial charge in [-0.3, -0.25) is 19.7 Å². The second kappa shape index (κ2) is 6.55. The highest BCUT2D eigenvalue weighted by molar-refractivity contribution is 6.07. The number of nitrogens with one attached hydrogen (secondary N) is 2. The first-order chi connectivity index (χ1) is 12.1. The van der Waals surface area contributed by atoms with Crippen LogP contribution in [-0.2, 0) is 14.4 Å². The van der Waals surface area contributed by atoms with E-state index in [1.54, 1.807) is 4.90 Å². The van der Waals surface area contributed by atoms with Crippen molar-refractivity contribution in [3.63, 3.8) is 0 Å². The third-order valence-electron chi connectivity index (χ3n) is 5.72. The average Bonchev–Trinajstić information content (AvgIpc) is 2.87. The lowest BCUT2D eigenvalue weighted by Crippen LogP contribution is -2.57. The Hall–Kier alpha value is -2.12. The van der Waals surface area contributed by atoms with E-state index < -0.39 is 17.0 Å². The fourth-order valence-electron chi connectivity index (χ4n) is 4.05. The molecule has 0 atom stereocenters. The van der Waals surface area contributed by atoms with Crippen LogP contribution in [0.4, 0.5) is 4.79 Å². The van der Waals surface area contributed by atoms with Crippen LogP contribution >= 0.6 is 0 Å². The summed E-state index contributed by atoms with van der Waals surface area (Å²) in [6.45, 7) is 7.89. The Morgan fingerprint density at radius 1 is 1.00 bits per heavy atom. The van der Waals surface area contributed by atoms with Crippen LogP contribution in [-0.4, -0.2) is 65.3 Å². The monoisotopic (exact) mass is 364 g/mol. The average molecular weight is 364 g/mol. The minimum Gasteiger partial charge on any atom is -0.342 e. The van der Waals surface area contributed by atoms with Gasteiger partial charge in [0.15, 0.2) is 0 Å². The number of urea groups is 1. The highest BCUT2D eigenvalue weighted by atomic mass is 16.2. The number of carbonyl (C=O) groups is 4. The maximum atomic E-state index is 12.8. The molecule has 0 aromatic rings. The predicted molar refractivity (Wildman–Crippen MR) is 94.0 cm³/mol. The SMILES string of the molecule is CC(C)(C)C(=O)N1CCC(C(=O)N2CCC3(CC2)NC(=O)NC3=O)CC1. The first-order valence-electron chi connectivity index (χ1n) is 9.34. The van der Waals surface area contributed by atoms with Crippen LogP contribution < -0.4 is 10.6 Å². The van der Waals surface area contributed by atoms with E-state index in [2.05, 4.69) is 10.6 Å². The Morgan fingerprint density at radius 2 is 1.58 bits per heavy atom. The molecule has 3 heterocycles. The van der Waals surface area contributed by atoms with Gasteiger partial charge < -0.3 is 15.1 Å². The van der Waals surface area contributed by atoms with Gasteiger partial charge in [-0.05, 0) is 25.7 Å². The lowest BCUT2D eigenvalue weighted by Gasteiger charge is -2.40. The Balaban J connectivity index is 1.52. The summed E-state index contributed by atoms with van der Waals surface area (Å²) in [5.74, 6) is -0.123. The molecule has 3 aliphatic heterocycles. The third kappa shape index (κ3) is 3.41. The maximum Gasteiger partial charge on any atom is 0.322 e. The fourth-order valence-corrected chi connectivity index (χ4v) is 4.05. The minimum absolute atomic E-state index is 0.0694. The van der Waals surface area contributed by atoms with E-state index in [0.717, 1.165) is 0 Å². The van der Waals surface area contributed by atoms with Gasteiger partial charge in [-0.15, -0.1) is 0 Å². The zero-order chi connectivity index (χ0) is 19.1. The largest absolute Gasteiger partial charge is 0.342 e. The van der Waals surface area contributed by atoms with Crippen molar-refractivity contribution in [3.05, 3.63) is 0 Å². The molecule has 26 heavy (non-hydrogen) atoms.